The molecule has 0 aromatic heterocycles. The smallest absolute Gasteiger partial charge is 0.270 e. The van der Waals surface area contributed by atoms with Gasteiger partial charge in [-0.2, -0.15) is 0 Å². The molecule has 26 heavy (non-hydrogen) atoms. The first-order valence-electron chi connectivity index (χ1n) is 8.42. The van der Waals surface area contributed by atoms with Gasteiger partial charge < -0.3 is 4.90 Å². The highest BCUT2D eigenvalue weighted by Crippen LogP contribution is 2.36. The van der Waals surface area contributed by atoms with E-state index in [9.17, 15) is 9.18 Å². The average Bonchev–Trinajstić information content (AvgIpc) is 2.91. The van der Waals surface area contributed by atoms with Gasteiger partial charge in [-0.25, -0.2) is 4.39 Å². The molecule has 0 bridgehead atoms. The van der Waals surface area contributed by atoms with Gasteiger partial charge in [0, 0.05) is 18.8 Å². The third-order valence-corrected chi connectivity index (χ3v) is 5.48. The lowest BCUT2D eigenvalue weighted by atomic mass is 10.1. The summed E-state index contributed by atoms with van der Waals surface area (Å²) in [6.45, 7) is 6.13. The number of hydrogen-bond acceptors (Lipinski definition) is 4. The monoisotopic (exact) mass is 386 g/mol. The van der Waals surface area contributed by atoms with Crippen LogP contribution in [0.5, 0.6) is 0 Å². The lowest BCUT2D eigenvalue weighted by Crippen LogP contribution is -2.27. The van der Waals surface area contributed by atoms with E-state index in [0.717, 1.165) is 24.3 Å². The fraction of sp³-hybridized carbons (Fsp3) is 0.200. The maximum atomic E-state index is 13.5. The van der Waals surface area contributed by atoms with Crippen molar-refractivity contribution in [3.05, 3.63) is 64.8 Å². The number of rotatable bonds is 5. The number of thiocarbonyl (C=S) groups is 1. The summed E-state index contributed by atoms with van der Waals surface area (Å²) >= 11 is 6.55. The number of nitrogens with zero attached hydrogens (tertiary/aromatic N) is 2. The van der Waals surface area contributed by atoms with Crippen molar-refractivity contribution in [1.82, 2.24) is 0 Å². The lowest BCUT2D eigenvalue weighted by Gasteiger charge is -2.20. The summed E-state index contributed by atoms with van der Waals surface area (Å²) < 4.78 is 13.9. The number of thioether (sulfide) groups is 1. The van der Waals surface area contributed by atoms with Crippen molar-refractivity contribution in [1.29, 1.82) is 0 Å². The molecule has 3 nitrogen and oxygen atoms in total. The van der Waals surface area contributed by atoms with Crippen LogP contribution < -0.4 is 9.80 Å². The molecule has 2 aromatic rings. The number of benzene rings is 2. The van der Waals surface area contributed by atoms with E-state index < -0.39 is 5.82 Å². The van der Waals surface area contributed by atoms with E-state index in [4.69, 9.17) is 12.2 Å². The Kier molecular flexibility index (Phi) is 5.74. The lowest BCUT2D eigenvalue weighted by molar-refractivity contribution is -0.113. The molecular formula is C20H19FN2OS2. The quantitative estimate of drug-likeness (QED) is 0.528. The second-order valence-electron chi connectivity index (χ2n) is 5.76. The summed E-state index contributed by atoms with van der Waals surface area (Å²) in [5.41, 5.74) is 2.54. The minimum atomic E-state index is -0.396. The van der Waals surface area contributed by atoms with Crippen LogP contribution in [0, 0.1) is 5.82 Å². The Bertz CT molecular complexity index is 860. The van der Waals surface area contributed by atoms with E-state index in [1.165, 1.54) is 28.8 Å². The Balaban J connectivity index is 1.84. The zero-order valence-electron chi connectivity index (χ0n) is 14.6. The van der Waals surface area contributed by atoms with Crippen molar-refractivity contribution in [2.24, 2.45) is 0 Å². The van der Waals surface area contributed by atoms with Crippen LogP contribution in [0.3, 0.4) is 0 Å². The Morgan fingerprint density at radius 2 is 1.85 bits per heavy atom. The third-order valence-electron chi connectivity index (χ3n) is 4.18. The predicted molar refractivity (Wildman–Crippen MR) is 112 cm³/mol. The number of hydrogen-bond donors (Lipinski definition) is 0. The minimum absolute atomic E-state index is 0.224. The molecule has 1 saturated heterocycles. The number of carbonyl (C=O) groups is 1. The SMILES string of the molecule is CCN(CC)c1ccc(/C=C2/SC(=S)N(c3cccc(F)c3)C2=O)cc1. The van der Waals surface area contributed by atoms with Gasteiger partial charge in [0.2, 0.25) is 0 Å². The van der Waals surface area contributed by atoms with Gasteiger partial charge in [-0.05, 0) is 55.8 Å². The average molecular weight is 387 g/mol. The Labute approximate surface area is 162 Å². The van der Waals surface area contributed by atoms with E-state index in [-0.39, 0.29) is 5.91 Å². The van der Waals surface area contributed by atoms with Crippen LogP contribution in [0.1, 0.15) is 19.4 Å². The first-order valence-corrected chi connectivity index (χ1v) is 9.64. The molecule has 0 aliphatic carbocycles. The summed E-state index contributed by atoms with van der Waals surface area (Å²) in [4.78, 5) is 16.9. The first kappa shape index (κ1) is 18.6. The van der Waals surface area contributed by atoms with Crippen molar-refractivity contribution < 1.29 is 9.18 Å². The van der Waals surface area contributed by atoms with Crippen LogP contribution in [0.4, 0.5) is 15.8 Å². The van der Waals surface area contributed by atoms with Crippen LogP contribution in [0.2, 0.25) is 0 Å². The maximum absolute atomic E-state index is 13.5. The molecule has 0 N–H and O–H groups in total. The summed E-state index contributed by atoms with van der Waals surface area (Å²) in [6.07, 6.45) is 1.82. The van der Waals surface area contributed by atoms with Crippen molar-refractivity contribution >= 4 is 51.7 Å². The number of anilines is 2. The molecule has 1 aliphatic rings. The highest BCUT2D eigenvalue weighted by Gasteiger charge is 2.33. The van der Waals surface area contributed by atoms with Gasteiger partial charge in [-0.15, -0.1) is 0 Å². The Morgan fingerprint density at radius 1 is 1.15 bits per heavy atom. The zero-order valence-corrected chi connectivity index (χ0v) is 16.2. The molecule has 0 spiro atoms. The van der Waals surface area contributed by atoms with Gasteiger partial charge in [-0.3, -0.25) is 9.69 Å². The number of amides is 1. The van der Waals surface area contributed by atoms with Crippen LogP contribution in [0.15, 0.2) is 53.4 Å². The van der Waals surface area contributed by atoms with Crippen molar-refractivity contribution in [2.45, 2.75) is 13.8 Å². The zero-order chi connectivity index (χ0) is 18.7. The topological polar surface area (TPSA) is 23.6 Å². The van der Waals surface area contributed by atoms with Crippen molar-refractivity contribution in [3.63, 3.8) is 0 Å². The molecule has 1 fully saturated rings. The normalized spacial score (nSPS) is 15.8. The minimum Gasteiger partial charge on any atom is -0.372 e. The molecule has 1 aliphatic heterocycles. The van der Waals surface area contributed by atoms with E-state index >= 15 is 0 Å². The molecule has 0 radical (unpaired) electrons. The van der Waals surface area contributed by atoms with Crippen LogP contribution in [0.25, 0.3) is 6.08 Å². The predicted octanol–water partition coefficient (Wildman–Crippen LogP) is 5.08. The first-order chi connectivity index (χ1) is 12.5. The molecule has 6 heteroatoms. The van der Waals surface area contributed by atoms with Gasteiger partial charge in [0.15, 0.2) is 4.32 Å². The van der Waals surface area contributed by atoms with Crippen LogP contribution in [-0.4, -0.2) is 23.3 Å². The van der Waals surface area contributed by atoms with Gasteiger partial charge in [0.05, 0.1) is 10.6 Å². The van der Waals surface area contributed by atoms with Gasteiger partial charge >= 0.3 is 0 Å². The molecule has 3 rings (SSSR count). The fourth-order valence-corrected chi connectivity index (χ4v) is 4.13. The summed E-state index contributed by atoms with van der Waals surface area (Å²) in [6, 6.07) is 14.0. The fourth-order valence-electron chi connectivity index (χ4n) is 2.83. The Morgan fingerprint density at radius 3 is 2.46 bits per heavy atom. The second-order valence-corrected chi connectivity index (χ2v) is 7.44. The molecule has 1 heterocycles. The molecule has 1 amide bonds. The second kappa shape index (κ2) is 8.01. The molecule has 0 unspecified atom stereocenters. The molecular weight excluding hydrogens is 367 g/mol. The van der Waals surface area contributed by atoms with E-state index in [2.05, 4.69) is 18.7 Å². The summed E-state index contributed by atoms with van der Waals surface area (Å²) in [5, 5.41) is 0. The van der Waals surface area contributed by atoms with Gasteiger partial charge in [0.25, 0.3) is 5.91 Å². The molecule has 2 aromatic carbocycles. The summed E-state index contributed by atoms with van der Waals surface area (Å²) in [7, 11) is 0. The van der Waals surface area contributed by atoms with Crippen molar-refractivity contribution in [2.75, 3.05) is 22.9 Å². The number of carbonyl (C=O) groups excluding carboxylic acids is 1. The van der Waals surface area contributed by atoms with E-state index in [1.54, 1.807) is 12.1 Å². The largest absolute Gasteiger partial charge is 0.372 e. The highest BCUT2D eigenvalue weighted by atomic mass is 32.2. The molecule has 0 saturated carbocycles. The van der Waals surface area contributed by atoms with E-state index in [1.807, 2.05) is 30.3 Å². The third kappa shape index (κ3) is 3.81. The standard InChI is InChI=1S/C20H19FN2OS2/c1-3-22(4-2)16-10-8-14(9-11-16)12-18-19(24)23(20(25)26-18)17-7-5-6-15(21)13-17/h5-13H,3-4H2,1-2H3/b18-12+. The van der Waals surface area contributed by atoms with Crippen LogP contribution in [-0.2, 0) is 4.79 Å². The Hall–Kier alpha value is -2.18. The highest BCUT2D eigenvalue weighted by molar-refractivity contribution is 8.27. The van der Waals surface area contributed by atoms with Crippen molar-refractivity contribution in [3.8, 4) is 0 Å². The van der Waals surface area contributed by atoms with Crippen LogP contribution >= 0.6 is 24.0 Å². The molecule has 134 valence electrons. The number of halogens is 1. The maximum Gasteiger partial charge on any atom is 0.270 e. The van der Waals surface area contributed by atoms with Gasteiger partial charge in [-0.1, -0.05) is 42.2 Å². The van der Waals surface area contributed by atoms with E-state index in [0.29, 0.717) is 14.9 Å². The summed E-state index contributed by atoms with van der Waals surface area (Å²) in [5.74, 6) is -0.619. The van der Waals surface area contributed by atoms with Gasteiger partial charge in [0.1, 0.15) is 5.82 Å². The molecule has 0 atom stereocenters.